The van der Waals surface area contributed by atoms with Crippen molar-refractivity contribution in [2.75, 3.05) is 6.61 Å². The first-order valence-corrected chi connectivity index (χ1v) is 7.69. The van der Waals surface area contributed by atoms with E-state index in [-0.39, 0.29) is 0 Å². The molecule has 1 saturated carbocycles. The average molecular weight is 262 g/mol. The second-order valence-electron chi connectivity index (χ2n) is 5.40. The molecule has 1 fully saturated rings. The summed E-state index contributed by atoms with van der Waals surface area (Å²) in [5, 5.41) is 3.47. The van der Waals surface area contributed by atoms with Crippen molar-refractivity contribution >= 4 is 0 Å². The van der Waals surface area contributed by atoms with E-state index in [1.807, 2.05) is 12.3 Å². The Hall–Kier alpha value is -1.09. The molecule has 1 aliphatic rings. The van der Waals surface area contributed by atoms with Crippen molar-refractivity contribution in [2.24, 2.45) is 0 Å². The number of hydrogen-bond acceptors (Lipinski definition) is 3. The lowest BCUT2D eigenvalue weighted by atomic mass is 10.2. The maximum Gasteiger partial charge on any atom is 0.122 e. The fourth-order valence-electron chi connectivity index (χ4n) is 2.07. The van der Waals surface area contributed by atoms with Gasteiger partial charge < -0.3 is 10.1 Å². The number of ether oxygens (including phenoxy) is 1. The van der Waals surface area contributed by atoms with Gasteiger partial charge in [0.2, 0.25) is 0 Å². The van der Waals surface area contributed by atoms with Crippen LogP contribution < -0.4 is 10.1 Å². The van der Waals surface area contributed by atoms with Gasteiger partial charge in [-0.15, -0.1) is 0 Å². The Morgan fingerprint density at radius 3 is 2.89 bits per heavy atom. The highest BCUT2D eigenvalue weighted by atomic mass is 16.5. The van der Waals surface area contributed by atoms with Gasteiger partial charge in [-0.3, -0.25) is 4.98 Å². The molecule has 0 saturated heterocycles. The zero-order chi connectivity index (χ0) is 13.3. The Kier molecular flexibility index (Phi) is 6.15. The molecule has 0 aliphatic heterocycles. The molecule has 0 bridgehead atoms. The number of nitrogens with one attached hydrogen (secondary N) is 1. The molecule has 1 aliphatic carbocycles. The van der Waals surface area contributed by atoms with Crippen molar-refractivity contribution < 1.29 is 4.74 Å². The summed E-state index contributed by atoms with van der Waals surface area (Å²) in [5.41, 5.74) is 1.08. The third kappa shape index (κ3) is 6.06. The van der Waals surface area contributed by atoms with Gasteiger partial charge in [0, 0.05) is 24.8 Å². The molecular formula is C16H26N2O. The Morgan fingerprint density at radius 2 is 2.11 bits per heavy atom. The molecule has 106 valence electrons. The highest BCUT2D eigenvalue weighted by Gasteiger charge is 2.20. The summed E-state index contributed by atoms with van der Waals surface area (Å²) in [7, 11) is 0. The predicted molar refractivity (Wildman–Crippen MR) is 78.4 cm³/mol. The lowest BCUT2D eigenvalue weighted by molar-refractivity contribution is 0.304. The van der Waals surface area contributed by atoms with Crippen LogP contribution >= 0.6 is 0 Å². The molecule has 0 amide bonds. The normalized spacial score (nSPS) is 14.6. The second-order valence-corrected chi connectivity index (χ2v) is 5.40. The van der Waals surface area contributed by atoms with Gasteiger partial charge in [-0.2, -0.15) is 0 Å². The summed E-state index contributed by atoms with van der Waals surface area (Å²) in [4.78, 5) is 4.37. The van der Waals surface area contributed by atoms with E-state index in [4.69, 9.17) is 4.74 Å². The van der Waals surface area contributed by atoms with E-state index in [1.165, 1.54) is 38.5 Å². The Morgan fingerprint density at radius 1 is 1.26 bits per heavy atom. The SMILES string of the molecule is CCCCCCCOc1ccnc(CNC2CC2)c1. The maximum atomic E-state index is 5.78. The van der Waals surface area contributed by atoms with Crippen LogP contribution in [0.3, 0.4) is 0 Å². The van der Waals surface area contributed by atoms with Crippen LogP contribution in [0.5, 0.6) is 5.75 Å². The molecule has 3 nitrogen and oxygen atoms in total. The van der Waals surface area contributed by atoms with Crippen LogP contribution in [0.2, 0.25) is 0 Å². The number of aromatic nitrogens is 1. The van der Waals surface area contributed by atoms with Crippen molar-refractivity contribution in [3.05, 3.63) is 24.0 Å². The molecular weight excluding hydrogens is 236 g/mol. The van der Waals surface area contributed by atoms with Gasteiger partial charge in [0.05, 0.1) is 12.3 Å². The first-order valence-electron chi connectivity index (χ1n) is 7.69. The van der Waals surface area contributed by atoms with Gasteiger partial charge >= 0.3 is 0 Å². The molecule has 1 N–H and O–H groups in total. The second kappa shape index (κ2) is 8.16. The van der Waals surface area contributed by atoms with Crippen molar-refractivity contribution in [2.45, 2.75) is 64.5 Å². The Bertz CT molecular complexity index is 364. The van der Waals surface area contributed by atoms with Gasteiger partial charge in [0.25, 0.3) is 0 Å². The summed E-state index contributed by atoms with van der Waals surface area (Å²) in [6, 6.07) is 4.73. The molecule has 3 heteroatoms. The molecule has 2 rings (SSSR count). The highest BCUT2D eigenvalue weighted by molar-refractivity contribution is 5.22. The van der Waals surface area contributed by atoms with Gasteiger partial charge in [0.15, 0.2) is 0 Å². The molecule has 19 heavy (non-hydrogen) atoms. The number of pyridine rings is 1. The molecule has 1 aromatic heterocycles. The fourth-order valence-corrected chi connectivity index (χ4v) is 2.07. The topological polar surface area (TPSA) is 34.1 Å². The van der Waals surface area contributed by atoms with Crippen LogP contribution in [0.4, 0.5) is 0 Å². The van der Waals surface area contributed by atoms with Crippen molar-refractivity contribution in [1.29, 1.82) is 0 Å². The van der Waals surface area contributed by atoms with Crippen molar-refractivity contribution in [3.63, 3.8) is 0 Å². The largest absolute Gasteiger partial charge is 0.493 e. The summed E-state index contributed by atoms with van der Waals surface area (Å²) in [6.45, 7) is 3.92. The van der Waals surface area contributed by atoms with E-state index in [1.54, 1.807) is 0 Å². The van der Waals surface area contributed by atoms with E-state index in [0.717, 1.165) is 37.1 Å². The van der Waals surface area contributed by atoms with E-state index < -0.39 is 0 Å². The van der Waals surface area contributed by atoms with Crippen molar-refractivity contribution in [1.82, 2.24) is 10.3 Å². The lowest BCUT2D eigenvalue weighted by Gasteiger charge is -2.08. The third-order valence-electron chi connectivity index (χ3n) is 3.45. The number of hydrogen-bond donors (Lipinski definition) is 1. The van der Waals surface area contributed by atoms with Gasteiger partial charge in [-0.05, 0) is 25.3 Å². The van der Waals surface area contributed by atoms with E-state index in [9.17, 15) is 0 Å². The summed E-state index contributed by atoms with van der Waals surface area (Å²) in [5.74, 6) is 0.957. The molecule has 0 unspecified atom stereocenters. The van der Waals surface area contributed by atoms with Crippen LogP contribution in [0, 0.1) is 0 Å². The van der Waals surface area contributed by atoms with E-state index in [0.29, 0.717) is 0 Å². The standard InChI is InChI=1S/C16H26N2O/c1-2-3-4-5-6-11-19-16-9-10-17-15(12-16)13-18-14-7-8-14/h9-10,12,14,18H,2-8,11,13H2,1H3. The van der Waals surface area contributed by atoms with Crippen LogP contribution in [-0.2, 0) is 6.54 Å². The minimum absolute atomic E-state index is 0.727. The van der Waals surface area contributed by atoms with Gasteiger partial charge in [-0.25, -0.2) is 0 Å². The minimum atomic E-state index is 0.727. The number of nitrogens with zero attached hydrogens (tertiary/aromatic N) is 1. The Labute approximate surface area is 116 Å². The minimum Gasteiger partial charge on any atom is -0.493 e. The van der Waals surface area contributed by atoms with E-state index in [2.05, 4.69) is 23.3 Å². The summed E-state index contributed by atoms with van der Waals surface area (Å²) < 4.78 is 5.78. The quantitative estimate of drug-likeness (QED) is 0.653. The smallest absolute Gasteiger partial charge is 0.122 e. The molecule has 0 atom stereocenters. The molecule has 0 radical (unpaired) electrons. The van der Waals surface area contributed by atoms with Gasteiger partial charge in [0.1, 0.15) is 5.75 Å². The van der Waals surface area contributed by atoms with E-state index >= 15 is 0 Å². The van der Waals surface area contributed by atoms with Crippen LogP contribution in [0.1, 0.15) is 57.6 Å². The summed E-state index contributed by atoms with van der Waals surface area (Å²) in [6.07, 6.45) is 10.9. The zero-order valence-corrected chi connectivity index (χ0v) is 12.0. The Balaban J connectivity index is 1.63. The molecule has 0 aromatic carbocycles. The van der Waals surface area contributed by atoms with Crippen LogP contribution in [0.25, 0.3) is 0 Å². The fraction of sp³-hybridized carbons (Fsp3) is 0.688. The predicted octanol–water partition coefficient (Wildman–Crippen LogP) is 3.68. The lowest BCUT2D eigenvalue weighted by Crippen LogP contribution is -2.16. The highest BCUT2D eigenvalue weighted by Crippen LogP contribution is 2.19. The van der Waals surface area contributed by atoms with Crippen molar-refractivity contribution in [3.8, 4) is 5.75 Å². The third-order valence-corrected chi connectivity index (χ3v) is 3.45. The first-order chi connectivity index (χ1) is 9.38. The number of rotatable bonds is 10. The van der Waals surface area contributed by atoms with Crippen LogP contribution in [-0.4, -0.2) is 17.6 Å². The molecule has 1 aromatic rings. The maximum absolute atomic E-state index is 5.78. The summed E-state index contributed by atoms with van der Waals surface area (Å²) >= 11 is 0. The first kappa shape index (κ1) is 14.3. The monoisotopic (exact) mass is 262 g/mol. The average Bonchev–Trinajstić information content (AvgIpc) is 3.25. The number of unbranched alkanes of at least 4 members (excludes halogenated alkanes) is 4. The molecule has 0 spiro atoms. The van der Waals surface area contributed by atoms with Crippen LogP contribution in [0.15, 0.2) is 18.3 Å². The van der Waals surface area contributed by atoms with Gasteiger partial charge in [-0.1, -0.05) is 32.6 Å². The molecule has 1 heterocycles. The zero-order valence-electron chi connectivity index (χ0n) is 12.0.